The Morgan fingerprint density at radius 2 is 2.33 bits per heavy atom. The molecule has 0 bridgehead atoms. The highest BCUT2D eigenvalue weighted by Crippen LogP contribution is 2.23. The Labute approximate surface area is 122 Å². The van der Waals surface area contributed by atoms with Crippen LogP contribution in [0, 0.1) is 0 Å². The second-order valence-corrected chi connectivity index (χ2v) is 4.93. The fourth-order valence-corrected chi connectivity index (χ4v) is 2.30. The molecule has 2 heterocycles. The second-order valence-electron chi connectivity index (χ2n) is 4.93. The smallest absolute Gasteiger partial charge is 0.289 e. The van der Waals surface area contributed by atoms with Gasteiger partial charge in [-0.3, -0.25) is 9.36 Å². The number of aromatic nitrogens is 4. The lowest BCUT2D eigenvalue weighted by Gasteiger charge is -2.35. The molecule has 1 saturated carbocycles. The first-order valence-electron chi connectivity index (χ1n) is 7.00. The van der Waals surface area contributed by atoms with Gasteiger partial charge in [-0.05, 0) is 25.8 Å². The molecule has 1 fully saturated rings. The van der Waals surface area contributed by atoms with Gasteiger partial charge in [0.2, 0.25) is 5.82 Å². The fourth-order valence-electron chi connectivity index (χ4n) is 2.30. The molecule has 110 valence electrons. The highest BCUT2D eigenvalue weighted by atomic mass is 16.5. The van der Waals surface area contributed by atoms with Gasteiger partial charge in [0.15, 0.2) is 0 Å². The molecule has 1 amide bonds. The third-order valence-corrected chi connectivity index (χ3v) is 3.45. The van der Waals surface area contributed by atoms with Crippen LogP contribution < -0.4 is 5.32 Å². The zero-order valence-electron chi connectivity index (χ0n) is 11.8. The van der Waals surface area contributed by atoms with Crippen LogP contribution in [0.2, 0.25) is 0 Å². The summed E-state index contributed by atoms with van der Waals surface area (Å²) < 4.78 is 7.20. The number of hydrogen-bond donors (Lipinski definition) is 1. The molecule has 0 unspecified atom stereocenters. The Balaban J connectivity index is 1.62. The van der Waals surface area contributed by atoms with Crippen molar-refractivity contribution in [2.75, 3.05) is 6.61 Å². The molecule has 2 aromatic heterocycles. The van der Waals surface area contributed by atoms with Crippen molar-refractivity contribution in [2.24, 2.45) is 0 Å². The van der Waals surface area contributed by atoms with Crippen LogP contribution in [0.4, 0.5) is 0 Å². The molecule has 1 N–H and O–H groups in total. The Kier molecular flexibility index (Phi) is 3.92. The Morgan fingerprint density at radius 3 is 3.05 bits per heavy atom. The minimum Gasteiger partial charge on any atom is -0.378 e. The topological polar surface area (TPSA) is 81.9 Å². The van der Waals surface area contributed by atoms with Crippen LogP contribution in [0.3, 0.4) is 0 Å². The van der Waals surface area contributed by atoms with E-state index >= 15 is 0 Å². The average molecular weight is 287 g/mol. The third kappa shape index (κ3) is 3.08. The van der Waals surface area contributed by atoms with Crippen molar-refractivity contribution in [3.8, 4) is 5.82 Å². The quantitative estimate of drug-likeness (QED) is 0.885. The normalized spacial score (nSPS) is 20.8. The summed E-state index contributed by atoms with van der Waals surface area (Å²) in [5, 5.41) is 2.92. The fraction of sp³-hybridized carbons (Fsp3) is 0.429. The largest absolute Gasteiger partial charge is 0.378 e. The van der Waals surface area contributed by atoms with Crippen molar-refractivity contribution in [3.63, 3.8) is 0 Å². The van der Waals surface area contributed by atoms with E-state index in [0.29, 0.717) is 12.4 Å². The van der Waals surface area contributed by atoms with Gasteiger partial charge in [-0.2, -0.15) is 0 Å². The van der Waals surface area contributed by atoms with Crippen LogP contribution in [0.25, 0.3) is 5.82 Å². The lowest BCUT2D eigenvalue weighted by molar-refractivity contribution is -0.00872. The van der Waals surface area contributed by atoms with E-state index in [0.717, 1.165) is 12.8 Å². The van der Waals surface area contributed by atoms with Crippen molar-refractivity contribution in [3.05, 3.63) is 36.8 Å². The van der Waals surface area contributed by atoms with E-state index in [1.165, 1.54) is 0 Å². The zero-order chi connectivity index (χ0) is 14.7. The van der Waals surface area contributed by atoms with E-state index in [-0.39, 0.29) is 23.9 Å². The van der Waals surface area contributed by atoms with Crippen molar-refractivity contribution >= 4 is 5.91 Å². The van der Waals surface area contributed by atoms with E-state index < -0.39 is 0 Å². The summed E-state index contributed by atoms with van der Waals surface area (Å²) in [7, 11) is 0. The third-order valence-electron chi connectivity index (χ3n) is 3.45. The van der Waals surface area contributed by atoms with E-state index in [2.05, 4.69) is 20.3 Å². The minimum absolute atomic E-state index is 0.148. The van der Waals surface area contributed by atoms with E-state index in [9.17, 15) is 4.79 Å². The molecule has 1 aliphatic rings. The van der Waals surface area contributed by atoms with Crippen molar-refractivity contribution < 1.29 is 9.53 Å². The van der Waals surface area contributed by atoms with Gasteiger partial charge in [0.25, 0.3) is 5.91 Å². The molecule has 0 spiro atoms. The molecule has 0 aromatic carbocycles. The van der Waals surface area contributed by atoms with Gasteiger partial charge in [0.1, 0.15) is 12.1 Å². The van der Waals surface area contributed by atoms with Crippen LogP contribution in [0.15, 0.2) is 31.0 Å². The molecular formula is C14H17N5O2. The molecule has 1 aliphatic carbocycles. The molecule has 2 aromatic rings. The van der Waals surface area contributed by atoms with Crippen LogP contribution in [-0.2, 0) is 4.74 Å². The standard InChI is InChI=1S/C14H17N5O2/c1-2-21-11-7-10(8-11)17-14(20)13-16-4-3-12(18-13)19-6-5-15-9-19/h3-6,9-11H,2,7-8H2,1H3,(H,17,20). The number of carbonyl (C=O) groups is 1. The summed E-state index contributed by atoms with van der Waals surface area (Å²) in [6.45, 7) is 2.68. The Bertz CT molecular complexity index is 608. The summed E-state index contributed by atoms with van der Waals surface area (Å²) in [6, 6.07) is 1.88. The number of ether oxygens (including phenoxy) is 1. The maximum absolute atomic E-state index is 12.1. The van der Waals surface area contributed by atoms with Gasteiger partial charge in [-0.1, -0.05) is 0 Å². The minimum atomic E-state index is -0.253. The van der Waals surface area contributed by atoms with E-state index in [1.54, 1.807) is 35.6 Å². The molecule has 0 saturated heterocycles. The van der Waals surface area contributed by atoms with Gasteiger partial charge < -0.3 is 10.1 Å². The summed E-state index contributed by atoms with van der Waals surface area (Å²) in [5.74, 6) is 0.534. The number of carbonyl (C=O) groups excluding carboxylic acids is 1. The van der Waals surface area contributed by atoms with Crippen molar-refractivity contribution in [2.45, 2.75) is 31.9 Å². The Morgan fingerprint density at radius 1 is 1.48 bits per heavy atom. The van der Waals surface area contributed by atoms with Crippen molar-refractivity contribution in [1.82, 2.24) is 24.8 Å². The van der Waals surface area contributed by atoms with E-state index in [4.69, 9.17) is 4.74 Å². The summed E-state index contributed by atoms with van der Waals surface area (Å²) in [5.41, 5.74) is 0. The first-order valence-corrected chi connectivity index (χ1v) is 7.00. The molecule has 7 nitrogen and oxygen atoms in total. The molecule has 0 atom stereocenters. The molecule has 0 aliphatic heterocycles. The number of amides is 1. The van der Waals surface area contributed by atoms with Crippen molar-refractivity contribution in [1.29, 1.82) is 0 Å². The first kappa shape index (κ1) is 13.7. The number of nitrogens with one attached hydrogen (secondary N) is 1. The maximum atomic E-state index is 12.1. The van der Waals surface area contributed by atoms with E-state index in [1.807, 2.05) is 6.92 Å². The zero-order valence-corrected chi connectivity index (χ0v) is 11.8. The SMILES string of the molecule is CCOC1CC(NC(=O)c2nccc(-n3ccnc3)n2)C1. The number of rotatable bonds is 5. The number of nitrogens with zero attached hydrogens (tertiary/aromatic N) is 4. The van der Waals surface area contributed by atoms with Crippen LogP contribution in [0.1, 0.15) is 30.4 Å². The predicted molar refractivity (Wildman–Crippen MR) is 75.1 cm³/mol. The lowest BCUT2D eigenvalue weighted by Crippen LogP contribution is -2.48. The van der Waals surface area contributed by atoms with Crippen LogP contribution >= 0.6 is 0 Å². The average Bonchev–Trinajstić information content (AvgIpc) is 2.99. The summed E-state index contributed by atoms with van der Waals surface area (Å²) in [6.07, 6.45) is 8.58. The van der Waals surface area contributed by atoms with Gasteiger partial charge >= 0.3 is 0 Å². The molecular weight excluding hydrogens is 270 g/mol. The monoisotopic (exact) mass is 287 g/mol. The first-order chi connectivity index (χ1) is 10.3. The van der Waals surface area contributed by atoms with Gasteiger partial charge in [0.05, 0.1) is 6.10 Å². The number of hydrogen-bond acceptors (Lipinski definition) is 5. The molecule has 7 heteroatoms. The van der Waals surface area contributed by atoms with Crippen LogP contribution in [0.5, 0.6) is 0 Å². The molecule has 21 heavy (non-hydrogen) atoms. The highest BCUT2D eigenvalue weighted by Gasteiger charge is 2.31. The highest BCUT2D eigenvalue weighted by molar-refractivity contribution is 5.90. The van der Waals surface area contributed by atoms with Gasteiger partial charge in [0, 0.05) is 31.2 Å². The van der Waals surface area contributed by atoms with Crippen LogP contribution in [-0.4, -0.2) is 44.2 Å². The molecule has 3 rings (SSSR count). The summed E-state index contributed by atoms with van der Waals surface area (Å²) in [4.78, 5) is 24.4. The van der Waals surface area contributed by atoms with Gasteiger partial charge in [-0.15, -0.1) is 0 Å². The maximum Gasteiger partial charge on any atom is 0.289 e. The predicted octanol–water partition coefficient (Wildman–Crippen LogP) is 0.960. The number of imidazole rings is 1. The molecule has 0 radical (unpaired) electrons. The summed E-state index contributed by atoms with van der Waals surface area (Å²) >= 11 is 0. The Hall–Kier alpha value is -2.28. The second kappa shape index (κ2) is 6.01. The van der Waals surface area contributed by atoms with Gasteiger partial charge in [-0.25, -0.2) is 15.0 Å². The lowest BCUT2D eigenvalue weighted by atomic mass is 9.89.